The Morgan fingerprint density at radius 2 is 1.97 bits per heavy atom. The Hall–Kier alpha value is -3.79. The van der Waals surface area contributed by atoms with E-state index in [-0.39, 0.29) is 29.1 Å². The highest BCUT2D eigenvalue weighted by Crippen LogP contribution is 2.40. The van der Waals surface area contributed by atoms with Crippen LogP contribution in [0.4, 0.5) is 10.1 Å². The van der Waals surface area contributed by atoms with Gasteiger partial charge in [-0.3, -0.25) is 19.7 Å². The van der Waals surface area contributed by atoms with Crippen LogP contribution in [0.3, 0.4) is 0 Å². The lowest BCUT2D eigenvalue weighted by Gasteiger charge is -2.25. The minimum atomic E-state index is -1.06. The number of methoxy groups -OCH3 is 1. The predicted molar refractivity (Wildman–Crippen MR) is 118 cm³/mol. The molecule has 3 rings (SSSR count). The normalized spacial score (nSPS) is 17.6. The van der Waals surface area contributed by atoms with Gasteiger partial charge in [0.1, 0.15) is 5.76 Å². The van der Waals surface area contributed by atoms with Gasteiger partial charge in [0, 0.05) is 24.2 Å². The maximum absolute atomic E-state index is 14.3. The van der Waals surface area contributed by atoms with Crippen LogP contribution in [0.2, 0.25) is 0 Å². The number of aliphatic hydroxyl groups is 1. The summed E-state index contributed by atoms with van der Waals surface area (Å²) in [6.07, 6.45) is 0.530. The Kier molecular flexibility index (Phi) is 7.07. The number of nitrogens with zero attached hydrogens (tertiary/aromatic N) is 3. The third-order valence-corrected chi connectivity index (χ3v) is 5.37. The molecule has 2 aromatic rings. The number of hydrogen-bond acceptors (Lipinski definition) is 7. The van der Waals surface area contributed by atoms with Crippen LogP contribution < -0.4 is 4.74 Å². The summed E-state index contributed by atoms with van der Waals surface area (Å²) in [5, 5.41) is 22.3. The van der Waals surface area contributed by atoms with E-state index in [0.29, 0.717) is 18.5 Å². The highest BCUT2D eigenvalue weighted by molar-refractivity contribution is 6.46. The Labute approximate surface area is 189 Å². The Morgan fingerprint density at radius 3 is 2.58 bits per heavy atom. The van der Waals surface area contributed by atoms with Crippen LogP contribution in [0, 0.1) is 15.9 Å². The van der Waals surface area contributed by atoms with Gasteiger partial charge in [0.2, 0.25) is 0 Å². The molecular weight excluding hydrogens is 433 g/mol. The van der Waals surface area contributed by atoms with Crippen molar-refractivity contribution in [3.05, 3.63) is 75.1 Å². The third kappa shape index (κ3) is 4.85. The Balaban J connectivity index is 2.15. The molecule has 1 heterocycles. The molecule has 9 nitrogen and oxygen atoms in total. The summed E-state index contributed by atoms with van der Waals surface area (Å²) in [7, 11) is 5.02. The van der Waals surface area contributed by atoms with Gasteiger partial charge in [-0.1, -0.05) is 12.1 Å². The summed E-state index contributed by atoms with van der Waals surface area (Å²) in [5.74, 6) is -3.15. The molecule has 1 fully saturated rings. The average Bonchev–Trinajstić information content (AvgIpc) is 3.03. The molecule has 0 radical (unpaired) electrons. The summed E-state index contributed by atoms with van der Waals surface area (Å²) in [4.78, 5) is 39.8. The molecule has 1 saturated heterocycles. The van der Waals surface area contributed by atoms with E-state index < -0.39 is 34.2 Å². The number of benzene rings is 2. The lowest BCUT2D eigenvalue weighted by Crippen LogP contribution is -2.32. The summed E-state index contributed by atoms with van der Waals surface area (Å²) < 4.78 is 19.1. The monoisotopic (exact) mass is 457 g/mol. The minimum absolute atomic E-state index is 0.0185. The van der Waals surface area contributed by atoms with E-state index in [9.17, 15) is 29.2 Å². The number of Topliss-reactive ketones (excluding diaryl/α,β-unsaturated/α-hetero) is 1. The molecule has 174 valence electrons. The first-order valence-electron chi connectivity index (χ1n) is 10.2. The SMILES string of the molecule is COc1ccc(C(O)=C2C(=O)C(=O)N(CCCN(C)C)[C@H]2c2cccc([N+](=O)[O-])c2)cc1F. The van der Waals surface area contributed by atoms with Crippen molar-refractivity contribution < 1.29 is 28.7 Å². The first-order chi connectivity index (χ1) is 15.6. The van der Waals surface area contributed by atoms with Crippen molar-refractivity contribution in [3.63, 3.8) is 0 Å². The van der Waals surface area contributed by atoms with Crippen molar-refractivity contribution in [2.75, 3.05) is 34.3 Å². The zero-order valence-electron chi connectivity index (χ0n) is 18.4. The maximum Gasteiger partial charge on any atom is 0.295 e. The van der Waals surface area contributed by atoms with Gasteiger partial charge in [-0.2, -0.15) is 0 Å². The lowest BCUT2D eigenvalue weighted by atomic mass is 9.95. The van der Waals surface area contributed by atoms with Crippen LogP contribution >= 0.6 is 0 Å². The van der Waals surface area contributed by atoms with Gasteiger partial charge in [-0.15, -0.1) is 0 Å². The molecule has 1 amide bonds. The first-order valence-corrected chi connectivity index (χ1v) is 10.2. The fourth-order valence-corrected chi connectivity index (χ4v) is 3.79. The van der Waals surface area contributed by atoms with Crippen LogP contribution in [-0.2, 0) is 9.59 Å². The quantitative estimate of drug-likeness (QED) is 0.213. The molecule has 33 heavy (non-hydrogen) atoms. The zero-order valence-corrected chi connectivity index (χ0v) is 18.4. The number of rotatable bonds is 8. The molecule has 0 unspecified atom stereocenters. The van der Waals surface area contributed by atoms with Crippen molar-refractivity contribution in [3.8, 4) is 5.75 Å². The summed E-state index contributed by atoms with van der Waals surface area (Å²) in [6.45, 7) is 0.818. The highest BCUT2D eigenvalue weighted by atomic mass is 19.1. The second-order valence-electron chi connectivity index (χ2n) is 7.85. The maximum atomic E-state index is 14.3. The molecule has 1 aliphatic heterocycles. The Morgan fingerprint density at radius 1 is 1.24 bits per heavy atom. The fourth-order valence-electron chi connectivity index (χ4n) is 3.79. The molecule has 0 spiro atoms. The molecule has 0 bridgehead atoms. The van der Waals surface area contributed by atoms with Crippen molar-refractivity contribution in [1.82, 2.24) is 9.80 Å². The molecule has 2 aromatic carbocycles. The number of likely N-dealkylation sites (tertiary alicyclic amines) is 1. The van der Waals surface area contributed by atoms with Gasteiger partial charge in [-0.05, 0) is 50.8 Å². The molecule has 1 atom stereocenters. The number of carbonyl (C=O) groups is 2. The summed E-state index contributed by atoms with van der Waals surface area (Å²) in [6, 6.07) is 8.14. The molecular formula is C23H24FN3O6. The van der Waals surface area contributed by atoms with Gasteiger partial charge < -0.3 is 19.6 Å². The standard InChI is InChI=1S/C23H24FN3O6/c1-25(2)10-5-11-26-20(14-6-4-7-16(12-14)27(31)32)19(22(29)23(26)30)21(28)15-8-9-18(33-3)17(24)13-15/h4,6-9,12-13,20,28H,5,10-11H2,1-3H3/t20-/m0/s1. The molecule has 1 aliphatic rings. The number of amides is 1. The highest BCUT2D eigenvalue weighted by Gasteiger charge is 2.46. The molecule has 1 N–H and O–H groups in total. The van der Waals surface area contributed by atoms with E-state index in [1.165, 1.54) is 42.3 Å². The topological polar surface area (TPSA) is 113 Å². The molecule has 0 aliphatic carbocycles. The van der Waals surface area contributed by atoms with Crippen molar-refractivity contribution in [1.29, 1.82) is 0 Å². The lowest BCUT2D eigenvalue weighted by molar-refractivity contribution is -0.384. The molecule has 0 aromatic heterocycles. The molecule has 0 saturated carbocycles. The average molecular weight is 457 g/mol. The zero-order chi connectivity index (χ0) is 24.3. The number of ether oxygens (including phenoxy) is 1. The van der Waals surface area contributed by atoms with E-state index in [1.807, 2.05) is 19.0 Å². The van der Waals surface area contributed by atoms with E-state index in [1.54, 1.807) is 6.07 Å². The summed E-state index contributed by atoms with van der Waals surface area (Å²) in [5.41, 5.74) is -0.199. The van der Waals surface area contributed by atoms with Gasteiger partial charge in [0.05, 0.1) is 23.6 Å². The number of nitro groups is 1. The number of hydrogen-bond donors (Lipinski definition) is 1. The number of nitro benzene ring substituents is 1. The van der Waals surface area contributed by atoms with Crippen LogP contribution in [0.1, 0.15) is 23.6 Å². The van der Waals surface area contributed by atoms with E-state index in [4.69, 9.17) is 4.74 Å². The number of ketones is 1. The van der Waals surface area contributed by atoms with Gasteiger partial charge in [0.25, 0.3) is 17.4 Å². The second kappa shape index (κ2) is 9.78. The number of halogens is 1. The van der Waals surface area contributed by atoms with Gasteiger partial charge >= 0.3 is 0 Å². The number of carbonyl (C=O) groups excluding carboxylic acids is 2. The van der Waals surface area contributed by atoms with Crippen molar-refractivity contribution >= 4 is 23.1 Å². The van der Waals surface area contributed by atoms with Crippen molar-refractivity contribution in [2.24, 2.45) is 0 Å². The third-order valence-electron chi connectivity index (χ3n) is 5.37. The van der Waals surface area contributed by atoms with Gasteiger partial charge in [-0.25, -0.2) is 4.39 Å². The molecule has 10 heteroatoms. The van der Waals surface area contributed by atoms with Crippen LogP contribution in [0.5, 0.6) is 5.75 Å². The largest absolute Gasteiger partial charge is 0.507 e. The van der Waals surface area contributed by atoms with E-state index in [0.717, 1.165) is 6.07 Å². The second-order valence-corrected chi connectivity index (χ2v) is 7.85. The van der Waals surface area contributed by atoms with Gasteiger partial charge in [0.15, 0.2) is 11.6 Å². The first kappa shape index (κ1) is 23.9. The van der Waals surface area contributed by atoms with E-state index in [2.05, 4.69) is 0 Å². The summed E-state index contributed by atoms with van der Waals surface area (Å²) >= 11 is 0. The smallest absolute Gasteiger partial charge is 0.295 e. The van der Waals surface area contributed by atoms with E-state index >= 15 is 0 Å². The van der Waals surface area contributed by atoms with Crippen LogP contribution in [0.15, 0.2) is 48.0 Å². The minimum Gasteiger partial charge on any atom is -0.507 e. The fraction of sp³-hybridized carbons (Fsp3) is 0.304. The number of non-ortho nitro benzene ring substituents is 1. The predicted octanol–water partition coefficient (Wildman–Crippen LogP) is 3.12. The van der Waals surface area contributed by atoms with Crippen LogP contribution in [-0.4, -0.2) is 65.8 Å². The number of aliphatic hydroxyl groups excluding tert-OH is 1. The Bertz CT molecular complexity index is 1130. The van der Waals surface area contributed by atoms with Crippen LogP contribution in [0.25, 0.3) is 5.76 Å². The van der Waals surface area contributed by atoms with Crippen molar-refractivity contribution in [2.45, 2.75) is 12.5 Å².